The second kappa shape index (κ2) is 8.81. The third kappa shape index (κ3) is 7.23. The maximum Gasteiger partial charge on any atom is 0.407 e. The zero-order chi connectivity index (χ0) is 19.2. The summed E-state index contributed by atoms with van der Waals surface area (Å²) in [6, 6.07) is 14.7. The number of carbonyl (C=O) groups excluding carboxylic acids is 1. The van der Waals surface area contributed by atoms with Crippen molar-refractivity contribution in [2.45, 2.75) is 38.9 Å². The molecule has 26 heavy (non-hydrogen) atoms. The summed E-state index contributed by atoms with van der Waals surface area (Å²) in [5.74, 6) is 0.636. The molecule has 0 bridgehead atoms. The van der Waals surface area contributed by atoms with Crippen LogP contribution < -0.4 is 15.8 Å². The first kappa shape index (κ1) is 19.9. The third-order valence-electron chi connectivity index (χ3n) is 3.39. The van der Waals surface area contributed by atoms with E-state index in [0.29, 0.717) is 22.9 Å². The van der Waals surface area contributed by atoms with E-state index in [0.717, 1.165) is 5.56 Å². The van der Waals surface area contributed by atoms with Crippen LogP contribution in [0.15, 0.2) is 48.5 Å². The molecule has 2 aromatic carbocycles. The minimum absolute atomic E-state index is 0.288. The molecule has 6 heteroatoms. The summed E-state index contributed by atoms with van der Waals surface area (Å²) in [5, 5.41) is 3.35. The van der Waals surface area contributed by atoms with Gasteiger partial charge in [-0.3, -0.25) is 0 Å². The number of nitrogens with one attached hydrogen (secondary N) is 1. The lowest BCUT2D eigenvalue weighted by molar-refractivity contribution is 0.0501. The van der Waals surface area contributed by atoms with Crippen molar-refractivity contribution < 1.29 is 14.3 Å². The molecule has 0 aromatic heterocycles. The van der Waals surface area contributed by atoms with E-state index < -0.39 is 11.7 Å². The SMILES string of the molecule is CC(C)(C)OC(=O)NCC(Cc1cccc(N)c1)Oc1cccc(Cl)c1. The van der Waals surface area contributed by atoms with Crippen LogP contribution in [-0.4, -0.2) is 24.3 Å². The summed E-state index contributed by atoms with van der Waals surface area (Å²) in [7, 11) is 0. The smallest absolute Gasteiger partial charge is 0.407 e. The van der Waals surface area contributed by atoms with Crippen LogP contribution in [0, 0.1) is 0 Å². The van der Waals surface area contributed by atoms with Gasteiger partial charge in [-0.1, -0.05) is 29.8 Å². The molecule has 2 rings (SSSR count). The first-order chi connectivity index (χ1) is 12.2. The van der Waals surface area contributed by atoms with Crippen LogP contribution in [0.1, 0.15) is 26.3 Å². The number of hydrogen-bond donors (Lipinski definition) is 2. The Labute approximate surface area is 159 Å². The van der Waals surface area contributed by atoms with Crippen molar-refractivity contribution in [1.82, 2.24) is 5.32 Å². The molecule has 3 N–H and O–H groups in total. The topological polar surface area (TPSA) is 73.6 Å². The summed E-state index contributed by atoms with van der Waals surface area (Å²) in [6.07, 6.45) is -0.208. The van der Waals surface area contributed by atoms with Crippen LogP contribution >= 0.6 is 11.6 Å². The van der Waals surface area contributed by atoms with Gasteiger partial charge in [-0.25, -0.2) is 4.79 Å². The molecule has 0 aliphatic rings. The summed E-state index contributed by atoms with van der Waals surface area (Å²) >= 11 is 6.02. The van der Waals surface area contributed by atoms with Crippen LogP contribution in [0.5, 0.6) is 5.75 Å². The van der Waals surface area contributed by atoms with Gasteiger partial charge in [-0.05, 0) is 56.7 Å². The minimum atomic E-state index is -0.554. The fourth-order valence-electron chi connectivity index (χ4n) is 2.38. The van der Waals surface area contributed by atoms with Crippen molar-refractivity contribution in [1.29, 1.82) is 0 Å². The van der Waals surface area contributed by atoms with Gasteiger partial charge in [0.05, 0.1) is 6.54 Å². The third-order valence-corrected chi connectivity index (χ3v) is 3.62. The van der Waals surface area contributed by atoms with E-state index in [2.05, 4.69) is 5.32 Å². The molecule has 0 fully saturated rings. The number of alkyl carbamates (subject to hydrolysis) is 1. The van der Waals surface area contributed by atoms with Crippen molar-refractivity contribution in [2.75, 3.05) is 12.3 Å². The van der Waals surface area contributed by atoms with Crippen molar-refractivity contribution >= 4 is 23.4 Å². The van der Waals surface area contributed by atoms with Gasteiger partial charge in [0.1, 0.15) is 17.5 Å². The van der Waals surface area contributed by atoms with Crippen molar-refractivity contribution in [3.8, 4) is 5.75 Å². The summed E-state index contributed by atoms with van der Waals surface area (Å²) in [4.78, 5) is 11.9. The fourth-order valence-corrected chi connectivity index (χ4v) is 2.56. The number of nitrogen functional groups attached to an aromatic ring is 1. The minimum Gasteiger partial charge on any atom is -0.488 e. The molecule has 140 valence electrons. The number of hydrogen-bond acceptors (Lipinski definition) is 4. The molecule has 0 heterocycles. The van der Waals surface area contributed by atoms with E-state index in [9.17, 15) is 4.79 Å². The Hall–Kier alpha value is -2.40. The highest BCUT2D eigenvalue weighted by Crippen LogP contribution is 2.20. The summed E-state index contributed by atoms with van der Waals surface area (Å²) < 4.78 is 11.3. The van der Waals surface area contributed by atoms with Gasteiger partial charge in [-0.2, -0.15) is 0 Å². The average molecular weight is 377 g/mol. The van der Waals surface area contributed by atoms with E-state index in [1.807, 2.05) is 57.2 Å². The van der Waals surface area contributed by atoms with Crippen molar-refractivity contribution in [3.63, 3.8) is 0 Å². The van der Waals surface area contributed by atoms with E-state index in [-0.39, 0.29) is 12.6 Å². The van der Waals surface area contributed by atoms with Gasteiger partial charge in [0.25, 0.3) is 0 Å². The molecular formula is C20H25ClN2O3. The molecule has 0 saturated carbocycles. The highest BCUT2D eigenvalue weighted by Gasteiger charge is 2.19. The Balaban J connectivity index is 2.06. The second-order valence-corrected chi connectivity index (χ2v) is 7.47. The van der Waals surface area contributed by atoms with E-state index in [4.69, 9.17) is 26.8 Å². The molecule has 0 radical (unpaired) electrons. The van der Waals surface area contributed by atoms with Crippen LogP contribution in [0.3, 0.4) is 0 Å². The van der Waals surface area contributed by atoms with Crippen LogP contribution in [-0.2, 0) is 11.2 Å². The van der Waals surface area contributed by atoms with Gasteiger partial charge in [-0.15, -0.1) is 0 Å². The predicted octanol–water partition coefficient (Wildman–Crippen LogP) is 4.44. The fraction of sp³-hybridized carbons (Fsp3) is 0.350. The number of ether oxygens (including phenoxy) is 2. The Morgan fingerprint density at radius 2 is 1.92 bits per heavy atom. The number of rotatable bonds is 6. The van der Waals surface area contributed by atoms with Gasteiger partial charge in [0, 0.05) is 17.1 Å². The molecule has 1 unspecified atom stereocenters. The molecule has 1 amide bonds. The maximum absolute atomic E-state index is 11.9. The number of nitrogens with two attached hydrogens (primary N) is 1. The number of benzene rings is 2. The molecule has 0 spiro atoms. The normalized spacial score (nSPS) is 12.3. The highest BCUT2D eigenvalue weighted by atomic mass is 35.5. The molecule has 0 aliphatic heterocycles. The molecule has 2 aromatic rings. The number of amides is 1. The highest BCUT2D eigenvalue weighted by molar-refractivity contribution is 6.30. The van der Waals surface area contributed by atoms with E-state index >= 15 is 0 Å². The molecule has 5 nitrogen and oxygen atoms in total. The standard InChI is InChI=1S/C20H25ClN2O3/c1-20(2,3)26-19(24)23-13-18(11-14-6-4-8-16(22)10-14)25-17-9-5-7-15(21)12-17/h4-10,12,18H,11,13,22H2,1-3H3,(H,23,24). The Kier molecular flexibility index (Phi) is 6.75. The van der Waals surface area contributed by atoms with Crippen molar-refractivity contribution in [3.05, 3.63) is 59.1 Å². The largest absolute Gasteiger partial charge is 0.488 e. The zero-order valence-electron chi connectivity index (χ0n) is 15.3. The maximum atomic E-state index is 11.9. The monoisotopic (exact) mass is 376 g/mol. The zero-order valence-corrected chi connectivity index (χ0v) is 16.0. The van der Waals surface area contributed by atoms with Crippen molar-refractivity contribution in [2.24, 2.45) is 0 Å². The van der Waals surface area contributed by atoms with Crippen LogP contribution in [0.2, 0.25) is 5.02 Å². The summed E-state index contributed by atoms with van der Waals surface area (Å²) in [5.41, 5.74) is 7.00. The quantitative estimate of drug-likeness (QED) is 0.731. The van der Waals surface area contributed by atoms with E-state index in [1.165, 1.54) is 0 Å². The Bertz CT molecular complexity index is 696. The lowest BCUT2D eigenvalue weighted by atomic mass is 10.1. The Morgan fingerprint density at radius 3 is 2.58 bits per heavy atom. The Morgan fingerprint density at radius 1 is 1.19 bits per heavy atom. The predicted molar refractivity (Wildman–Crippen MR) is 105 cm³/mol. The molecular weight excluding hydrogens is 352 g/mol. The first-order valence-corrected chi connectivity index (χ1v) is 8.82. The van der Waals surface area contributed by atoms with E-state index in [1.54, 1.807) is 12.1 Å². The first-order valence-electron chi connectivity index (χ1n) is 8.45. The number of halogens is 1. The average Bonchev–Trinajstić information content (AvgIpc) is 2.51. The molecule has 0 aliphatic carbocycles. The molecule has 0 saturated heterocycles. The van der Waals surface area contributed by atoms with Crippen LogP contribution in [0.4, 0.5) is 10.5 Å². The second-order valence-electron chi connectivity index (χ2n) is 7.03. The van der Waals surface area contributed by atoms with Crippen LogP contribution in [0.25, 0.3) is 0 Å². The number of carbonyl (C=O) groups is 1. The summed E-state index contributed by atoms with van der Waals surface area (Å²) in [6.45, 7) is 5.74. The molecule has 1 atom stereocenters. The van der Waals surface area contributed by atoms with Gasteiger partial charge >= 0.3 is 6.09 Å². The lowest BCUT2D eigenvalue weighted by Gasteiger charge is -2.23. The van der Waals surface area contributed by atoms with Gasteiger partial charge in [0.2, 0.25) is 0 Å². The van der Waals surface area contributed by atoms with Gasteiger partial charge in [0.15, 0.2) is 0 Å². The lowest BCUT2D eigenvalue weighted by Crippen LogP contribution is -2.39. The number of anilines is 1. The van der Waals surface area contributed by atoms with Gasteiger partial charge < -0.3 is 20.5 Å².